The third kappa shape index (κ3) is 14.7. The average Bonchev–Trinajstić information content (AvgIpc) is 3.87. The summed E-state index contributed by atoms with van der Waals surface area (Å²) < 4.78 is 0. The molecule has 0 amide bonds. The minimum atomic E-state index is 0.725. The third-order valence-electron chi connectivity index (χ3n) is 19.6. The van der Waals surface area contributed by atoms with Crippen LogP contribution in [0.2, 0.25) is 0 Å². The van der Waals surface area contributed by atoms with Gasteiger partial charge in [-0.05, 0) is 208 Å². The SMILES string of the molecule is CC(C)N1CC2CC(C1)N(C(C)C)C2.CC(C)N1CC2CC(C1)N(C(C)C)C2.CC(C)N1CCC2CC(C1)N2C(C)C.CC(C)N1CCC2CC1CN2C(C)C.CC(C)N1CCC2CC1CN2C(C)C. The molecule has 11 saturated heterocycles. The first kappa shape index (κ1) is 58.9. The molecule has 11 fully saturated rings. The van der Waals surface area contributed by atoms with Crippen molar-refractivity contribution in [2.75, 3.05) is 78.5 Å². The molecule has 0 aromatic carbocycles. The number of likely N-dealkylation sites (tertiary alicyclic amines) is 8. The van der Waals surface area contributed by atoms with Gasteiger partial charge in [0.15, 0.2) is 0 Å². The molecule has 0 N–H and O–H groups in total. The zero-order valence-electron chi connectivity index (χ0n) is 50.2. The molecule has 0 spiro atoms. The lowest BCUT2D eigenvalue weighted by atomic mass is 9.90. The van der Waals surface area contributed by atoms with Crippen LogP contribution in [-0.2, 0) is 0 Å². The molecule has 11 rings (SSSR count). The number of fused-ring (bicyclic) bond motifs is 11. The van der Waals surface area contributed by atoms with Crippen molar-refractivity contribution in [1.82, 2.24) is 49.0 Å². The van der Waals surface area contributed by atoms with E-state index < -0.39 is 0 Å². The first-order valence-electron chi connectivity index (χ1n) is 30.5. The number of hydrogen-bond donors (Lipinski definition) is 0. The fourth-order valence-electron chi connectivity index (χ4n) is 15.8. The maximum atomic E-state index is 2.72. The van der Waals surface area contributed by atoms with Gasteiger partial charge in [0.2, 0.25) is 0 Å². The summed E-state index contributed by atoms with van der Waals surface area (Å²) in [5.41, 5.74) is 0. The topological polar surface area (TPSA) is 32.4 Å². The van der Waals surface area contributed by atoms with Crippen molar-refractivity contribution in [2.45, 2.75) is 299 Å². The van der Waals surface area contributed by atoms with E-state index in [9.17, 15) is 0 Å². The average molecular weight is 982 g/mol. The van der Waals surface area contributed by atoms with E-state index in [2.05, 4.69) is 187 Å². The van der Waals surface area contributed by atoms with Gasteiger partial charge in [0.25, 0.3) is 0 Å². The van der Waals surface area contributed by atoms with Gasteiger partial charge in [0, 0.05) is 181 Å². The summed E-state index contributed by atoms with van der Waals surface area (Å²) in [7, 11) is 0. The predicted molar refractivity (Wildman–Crippen MR) is 302 cm³/mol. The fourth-order valence-corrected chi connectivity index (χ4v) is 15.8. The number of hydrogen-bond acceptors (Lipinski definition) is 10. The van der Waals surface area contributed by atoms with Gasteiger partial charge >= 0.3 is 0 Å². The standard InChI is InChI=1S/5C12H24N2/c2*1-9(2)13-6-11-5-12(8-13)14(7-11)10(3)4;2*1-9(2)13-6-5-11-7-12(13)8-14(11)10(3)4;1-9(2)13-6-5-11-7-12(8-13)14(11)10(3)4/h5*9-12H,5-8H2,1-4H3. The minimum absolute atomic E-state index is 0.725. The van der Waals surface area contributed by atoms with Crippen molar-refractivity contribution >= 4 is 0 Å². The quantitative estimate of drug-likeness (QED) is 0.211. The zero-order valence-corrected chi connectivity index (χ0v) is 50.2. The van der Waals surface area contributed by atoms with E-state index in [4.69, 9.17) is 0 Å². The molecule has 10 bridgehead atoms. The van der Waals surface area contributed by atoms with E-state index in [0.29, 0.717) is 0 Å². The molecule has 0 aromatic heterocycles. The van der Waals surface area contributed by atoms with Crippen molar-refractivity contribution in [2.24, 2.45) is 11.8 Å². The van der Waals surface area contributed by atoms with E-state index in [1.54, 1.807) is 0 Å². The molecule has 11 aliphatic rings. The van der Waals surface area contributed by atoms with Gasteiger partial charge in [-0.25, -0.2) is 0 Å². The fraction of sp³-hybridized carbons (Fsp3) is 1.00. The van der Waals surface area contributed by atoms with Crippen LogP contribution in [0.5, 0.6) is 0 Å². The molecule has 10 atom stereocenters. The van der Waals surface area contributed by atoms with Crippen LogP contribution >= 0.6 is 0 Å². The second-order valence-corrected chi connectivity index (χ2v) is 27.6. The van der Waals surface area contributed by atoms with E-state index in [0.717, 1.165) is 121 Å². The Bertz CT molecular complexity index is 1360. The maximum Gasteiger partial charge on any atom is 0.0243 e. The van der Waals surface area contributed by atoms with Crippen LogP contribution < -0.4 is 0 Å². The predicted octanol–water partition coefficient (Wildman–Crippen LogP) is 9.47. The lowest BCUT2D eigenvalue weighted by Crippen LogP contribution is -2.59. The molecule has 0 saturated carbocycles. The summed E-state index contributed by atoms with van der Waals surface area (Å²) >= 11 is 0. The molecule has 0 radical (unpaired) electrons. The highest BCUT2D eigenvalue weighted by atomic mass is 15.3. The second kappa shape index (κ2) is 26.1. The molecular formula is C60H120N10. The summed E-state index contributed by atoms with van der Waals surface area (Å²) in [6.07, 6.45) is 11.3. The molecule has 410 valence electrons. The Morgan fingerprint density at radius 2 is 0.543 bits per heavy atom. The normalized spacial score (nSPS) is 34.7. The van der Waals surface area contributed by atoms with Crippen molar-refractivity contribution in [1.29, 1.82) is 0 Å². The highest BCUT2D eigenvalue weighted by molar-refractivity contribution is 5.01. The van der Waals surface area contributed by atoms with Gasteiger partial charge in [-0.1, -0.05) is 0 Å². The molecule has 10 nitrogen and oxygen atoms in total. The summed E-state index contributed by atoms with van der Waals surface area (Å²) in [5.74, 6) is 1.89. The van der Waals surface area contributed by atoms with Crippen molar-refractivity contribution < 1.29 is 0 Å². The maximum absolute atomic E-state index is 2.72. The van der Waals surface area contributed by atoms with Gasteiger partial charge in [0.1, 0.15) is 0 Å². The van der Waals surface area contributed by atoms with Crippen LogP contribution in [0, 0.1) is 11.8 Å². The van der Waals surface area contributed by atoms with Gasteiger partial charge < -0.3 is 0 Å². The van der Waals surface area contributed by atoms with Crippen molar-refractivity contribution in [3.8, 4) is 0 Å². The lowest BCUT2D eigenvalue weighted by molar-refractivity contribution is -0.00902. The smallest absolute Gasteiger partial charge is 0.0243 e. The Morgan fingerprint density at radius 3 is 0.886 bits per heavy atom. The number of piperidine rings is 4. The summed E-state index contributed by atoms with van der Waals surface area (Å²) in [6, 6.07) is 14.2. The van der Waals surface area contributed by atoms with Gasteiger partial charge in [-0.3, -0.25) is 49.0 Å². The van der Waals surface area contributed by atoms with Crippen LogP contribution in [0.1, 0.15) is 190 Å². The van der Waals surface area contributed by atoms with Gasteiger partial charge in [0.05, 0.1) is 0 Å². The molecular weight excluding hydrogens is 861 g/mol. The van der Waals surface area contributed by atoms with Crippen LogP contribution in [0.3, 0.4) is 0 Å². The molecule has 0 aromatic rings. The molecule has 10 unspecified atom stereocenters. The monoisotopic (exact) mass is 981 g/mol. The zero-order chi connectivity index (χ0) is 51.5. The van der Waals surface area contributed by atoms with E-state index >= 15 is 0 Å². The summed E-state index contributed by atoms with van der Waals surface area (Å²) in [4.78, 5) is 26.9. The Morgan fingerprint density at radius 1 is 0.229 bits per heavy atom. The van der Waals surface area contributed by atoms with Crippen molar-refractivity contribution in [3.63, 3.8) is 0 Å². The third-order valence-corrected chi connectivity index (χ3v) is 19.6. The first-order valence-corrected chi connectivity index (χ1v) is 30.5. The van der Waals surface area contributed by atoms with E-state index in [1.165, 1.54) is 130 Å². The van der Waals surface area contributed by atoms with E-state index in [1.807, 2.05) is 0 Å². The molecule has 11 heterocycles. The molecule has 10 heteroatoms. The molecule has 0 aliphatic carbocycles. The van der Waals surface area contributed by atoms with E-state index in [-0.39, 0.29) is 0 Å². The lowest BCUT2D eigenvalue weighted by Gasteiger charge is -2.50. The minimum Gasteiger partial charge on any atom is -0.299 e. The Kier molecular flexibility index (Phi) is 21.9. The Labute approximate surface area is 436 Å². The Hall–Kier alpha value is -0.400. The van der Waals surface area contributed by atoms with Crippen molar-refractivity contribution in [3.05, 3.63) is 0 Å². The molecule has 11 aliphatic heterocycles. The largest absolute Gasteiger partial charge is 0.299 e. The van der Waals surface area contributed by atoms with Crippen LogP contribution in [-0.4, -0.2) is 236 Å². The first-order chi connectivity index (χ1) is 32.9. The summed E-state index contributed by atoms with van der Waals surface area (Å²) in [5, 5.41) is 0. The second-order valence-electron chi connectivity index (χ2n) is 27.6. The summed E-state index contributed by atoms with van der Waals surface area (Å²) in [6.45, 7) is 62.4. The van der Waals surface area contributed by atoms with Crippen LogP contribution in [0.4, 0.5) is 0 Å². The highest BCUT2D eigenvalue weighted by Gasteiger charge is 2.45. The highest BCUT2D eigenvalue weighted by Crippen LogP contribution is 2.37. The molecule has 70 heavy (non-hydrogen) atoms. The van der Waals surface area contributed by atoms with Crippen LogP contribution in [0.15, 0.2) is 0 Å². The Balaban J connectivity index is 0.000000143. The number of rotatable bonds is 10. The number of nitrogens with zero attached hydrogens (tertiary/aromatic N) is 10. The van der Waals surface area contributed by atoms with Gasteiger partial charge in [-0.15, -0.1) is 0 Å². The van der Waals surface area contributed by atoms with Gasteiger partial charge in [-0.2, -0.15) is 0 Å². The van der Waals surface area contributed by atoms with Crippen LogP contribution in [0.25, 0.3) is 0 Å².